The molecule has 1 unspecified atom stereocenters. The Hall–Kier alpha value is -2.04. The van der Waals surface area contributed by atoms with E-state index >= 15 is 0 Å². The highest BCUT2D eigenvalue weighted by atomic mass is 16.5. The Morgan fingerprint density at radius 3 is 2.43 bits per heavy atom. The van der Waals surface area contributed by atoms with Gasteiger partial charge in [-0.15, -0.1) is 0 Å². The number of hydrogen-bond donors (Lipinski definition) is 2. The van der Waals surface area contributed by atoms with Crippen LogP contribution in [-0.2, 0) is 16.1 Å². The van der Waals surface area contributed by atoms with Crippen molar-refractivity contribution in [1.29, 1.82) is 0 Å². The predicted octanol–water partition coefficient (Wildman–Crippen LogP) is 2.06. The van der Waals surface area contributed by atoms with E-state index in [0.717, 1.165) is 11.3 Å². The highest BCUT2D eigenvalue weighted by Crippen LogP contribution is 2.36. The van der Waals surface area contributed by atoms with Gasteiger partial charge in [0.25, 0.3) is 0 Å². The quantitative estimate of drug-likeness (QED) is 0.870. The first-order valence-corrected chi connectivity index (χ1v) is 7.14. The van der Waals surface area contributed by atoms with Crippen LogP contribution in [0, 0.1) is 17.8 Å². The number of aliphatic carboxylic acids is 1. The molecule has 0 saturated heterocycles. The zero-order chi connectivity index (χ0) is 15.4. The zero-order valence-electron chi connectivity index (χ0n) is 12.3. The van der Waals surface area contributed by atoms with Crippen LogP contribution in [0.15, 0.2) is 24.3 Å². The van der Waals surface area contributed by atoms with Crippen LogP contribution >= 0.6 is 0 Å². The van der Waals surface area contributed by atoms with E-state index in [4.69, 9.17) is 4.74 Å². The van der Waals surface area contributed by atoms with Gasteiger partial charge in [-0.3, -0.25) is 9.59 Å². The van der Waals surface area contributed by atoms with Crippen LogP contribution in [0.2, 0.25) is 0 Å². The van der Waals surface area contributed by atoms with Gasteiger partial charge in [-0.2, -0.15) is 0 Å². The van der Waals surface area contributed by atoms with Gasteiger partial charge in [0.05, 0.1) is 18.9 Å². The minimum atomic E-state index is -0.871. The Balaban J connectivity index is 1.92. The summed E-state index contributed by atoms with van der Waals surface area (Å²) < 4.78 is 5.08. The highest BCUT2D eigenvalue weighted by Gasteiger charge is 2.40. The van der Waals surface area contributed by atoms with Crippen molar-refractivity contribution < 1.29 is 19.4 Å². The van der Waals surface area contributed by atoms with Crippen LogP contribution in [0.5, 0.6) is 5.75 Å². The van der Waals surface area contributed by atoms with E-state index in [2.05, 4.69) is 5.32 Å². The Bertz CT molecular complexity index is 512. The second-order valence-corrected chi connectivity index (χ2v) is 5.69. The Morgan fingerprint density at radius 1 is 1.24 bits per heavy atom. The molecular weight excluding hydrogens is 270 g/mol. The van der Waals surface area contributed by atoms with Crippen molar-refractivity contribution in [2.24, 2.45) is 17.8 Å². The number of carboxylic acids is 1. The maximum Gasteiger partial charge on any atom is 0.307 e. The fourth-order valence-corrected chi connectivity index (χ4v) is 2.92. The van der Waals surface area contributed by atoms with Gasteiger partial charge < -0.3 is 15.2 Å². The van der Waals surface area contributed by atoms with Crippen molar-refractivity contribution in [3.8, 4) is 5.75 Å². The van der Waals surface area contributed by atoms with E-state index in [1.165, 1.54) is 0 Å². The average molecular weight is 291 g/mol. The first kappa shape index (κ1) is 15.4. The van der Waals surface area contributed by atoms with Crippen LogP contribution in [0.3, 0.4) is 0 Å². The molecule has 1 saturated carbocycles. The van der Waals surface area contributed by atoms with Crippen LogP contribution in [0.1, 0.15) is 25.3 Å². The van der Waals surface area contributed by atoms with Gasteiger partial charge in [0.2, 0.25) is 5.91 Å². The van der Waals surface area contributed by atoms with E-state index in [0.29, 0.717) is 19.4 Å². The summed E-state index contributed by atoms with van der Waals surface area (Å²) in [6, 6.07) is 7.43. The van der Waals surface area contributed by atoms with E-state index in [-0.39, 0.29) is 11.8 Å². The topological polar surface area (TPSA) is 75.6 Å². The normalized spacial score (nSPS) is 24.6. The molecule has 1 aliphatic carbocycles. The first-order valence-electron chi connectivity index (χ1n) is 7.14. The van der Waals surface area contributed by atoms with Crippen molar-refractivity contribution >= 4 is 11.9 Å². The van der Waals surface area contributed by atoms with E-state index in [1.54, 1.807) is 7.11 Å². The van der Waals surface area contributed by atoms with Gasteiger partial charge in [0.1, 0.15) is 5.75 Å². The second kappa shape index (κ2) is 6.61. The highest BCUT2D eigenvalue weighted by molar-refractivity contribution is 5.85. The second-order valence-electron chi connectivity index (χ2n) is 5.69. The molecule has 2 N–H and O–H groups in total. The monoisotopic (exact) mass is 291 g/mol. The van der Waals surface area contributed by atoms with Gasteiger partial charge in [0.15, 0.2) is 0 Å². The molecule has 114 valence electrons. The molecule has 5 nitrogen and oxygen atoms in total. The van der Waals surface area contributed by atoms with Crippen molar-refractivity contribution in [2.45, 2.75) is 26.3 Å². The fourth-order valence-electron chi connectivity index (χ4n) is 2.92. The van der Waals surface area contributed by atoms with Crippen molar-refractivity contribution in [1.82, 2.24) is 5.32 Å². The number of carbonyl (C=O) groups is 2. The van der Waals surface area contributed by atoms with Gasteiger partial charge in [-0.1, -0.05) is 19.1 Å². The van der Waals surface area contributed by atoms with E-state index in [9.17, 15) is 14.7 Å². The lowest BCUT2D eigenvalue weighted by Crippen LogP contribution is -2.34. The molecule has 0 bridgehead atoms. The molecule has 1 aliphatic rings. The lowest BCUT2D eigenvalue weighted by Gasteiger charge is -2.15. The SMILES string of the molecule is COc1ccc(CNC(=O)[C@H]2CC(C)C[C@H]2C(=O)O)cc1. The summed E-state index contributed by atoms with van der Waals surface area (Å²) >= 11 is 0. The predicted molar refractivity (Wildman–Crippen MR) is 77.9 cm³/mol. The van der Waals surface area contributed by atoms with Crippen molar-refractivity contribution in [3.63, 3.8) is 0 Å². The largest absolute Gasteiger partial charge is 0.497 e. The zero-order valence-corrected chi connectivity index (χ0v) is 12.3. The molecule has 0 aliphatic heterocycles. The lowest BCUT2D eigenvalue weighted by atomic mass is 9.95. The maximum atomic E-state index is 12.2. The van der Waals surface area contributed by atoms with Gasteiger partial charge in [-0.05, 0) is 36.5 Å². The van der Waals surface area contributed by atoms with E-state index in [1.807, 2.05) is 31.2 Å². The minimum absolute atomic E-state index is 0.164. The summed E-state index contributed by atoms with van der Waals surface area (Å²) in [5, 5.41) is 12.0. The number of benzene rings is 1. The molecule has 0 heterocycles. The summed E-state index contributed by atoms with van der Waals surface area (Å²) in [6.07, 6.45) is 1.22. The van der Waals surface area contributed by atoms with Crippen LogP contribution in [0.4, 0.5) is 0 Å². The van der Waals surface area contributed by atoms with Gasteiger partial charge in [0, 0.05) is 6.54 Å². The van der Waals surface area contributed by atoms with Crippen molar-refractivity contribution in [2.75, 3.05) is 7.11 Å². The summed E-state index contributed by atoms with van der Waals surface area (Å²) in [7, 11) is 1.60. The van der Waals surface area contributed by atoms with E-state index < -0.39 is 17.8 Å². The number of carbonyl (C=O) groups excluding carboxylic acids is 1. The standard InChI is InChI=1S/C16H21NO4/c1-10-7-13(14(8-10)16(19)20)15(18)17-9-11-3-5-12(21-2)6-4-11/h3-6,10,13-14H,7-9H2,1-2H3,(H,17,18)(H,19,20)/t10?,13-,14+/m0/s1. The number of methoxy groups -OCH3 is 1. The third-order valence-corrected chi connectivity index (χ3v) is 4.08. The molecule has 0 aromatic heterocycles. The Kier molecular flexibility index (Phi) is 4.83. The molecule has 3 atom stereocenters. The number of rotatable bonds is 5. The number of hydrogen-bond acceptors (Lipinski definition) is 3. The molecule has 1 aromatic carbocycles. The number of amides is 1. The molecule has 1 fully saturated rings. The third kappa shape index (κ3) is 3.74. The molecule has 2 rings (SSSR count). The minimum Gasteiger partial charge on any atom is -0.497 e. The Morgan fingerprint density at radius 2 is 1.86 bits per heavy atom. The first-order chi connectivity index (χ1) is 10.0. The van der Waals surface area contributed by atoms with Gasteiger partial charge >= 0.3 is 5.97 Å². The molecule has 5 heteroatoms. The maximum absolute atomic E-state index is 12.2. The van der Waals surface area contributed by atoms with Crippen molar-refractivity contribution in [3.05, 3.63) is 29.8 Å². The summed E-state index contributed by atoms with van der Waals surface area (Å²) in [5.41, 5.74) is 0.960. The molecular formula is C16H21NO4. The van der Waals surface area contributed by atoms with Crippen LogP contribution in [0.25, 0.3) is 0 Å². The molecule has 21 heavy (non-hydrogen) atoms. The molecule has 1 aromatic rings. The Labute approximate surface area is 124 Å². The average Bonchev–Trinajstić information content (AvgIpc) is 2.87. The summed E-state index contributed by atoms with van der Waals surface area (Å²) in [4.78, 5) is 23.4. The lowest BCUT2D eigenvalue weighted by molar-refractivity contribution is -0.146. The van der Waals surface area contributed by atoms with Crippen LogP contribution in [-0.4, -0.2) is 24.1 Å². The third-order valence-electron chi connectivity index (χ3n) is 4.08. The van der Waals surface area contributed by atoms with Gasteiger partial charge in [-0.25, -0.2) is 0 Å². The fraction of sp³-hybridized carbons (Fsp3) is 0.500. The summed E-state index contributed by atoms with van der Waals surface area (Å²) in [5.74, 6) is -0.971. The molecule has 0 spiro atoms. The summed E-state index contributed by atoms with van der Waals surface area (Å²) in [6.45, 7) is 2.40. The number of carboxylic acid groups (broad SMARTS) is 1. The number of ether oxygens (including phenoxy) is 1. The molecule has 1 amide bonds. The molecule has 0 radical (unpaired) electrons. The number of nitrogens with one attached hydrogen (secondary N) is 1. The van der Waals surface area contributed by atoms with Crippen LogP contribution < -0.4 is 10.1 Å². The smallest absolute Gasteiger partial charge is 0.307 e.